The Morgan fingerprint density at radius 1 is 0.541 bits per heavy atom. The largest absolute Gasteiger partial charge is 0.454 e. The molecule has 11 heteroatoms. The van der Waals surface area contributed by atoms with Crippen LogP contribution in [-0.2, 0) is 23.8 Å². The minimum Gasteiger partial charge on any atom is -0.454 e. The van der Waals surface area contributed by atoms with E-state index in [1.165, 1.54) is 89.9 Å². The van der Waals surface area contributed by atoms with Crippen molar-refractivity contribution in [2.24, 2.45) is 0 Å². The highest BCUT2D eigenvalue weighted by Crippen LogP contribution is 2.26. The summed E-state index contributed by atoms with van der Waals surface area (Å²) in [5.41, 5.74) is 0. The first-order chi connectivity index (χ1) is 36.2. The fourth-order valence-electron chi connectivity index (χ4n) is 8.79. The summed E-state index contributed by atoms with van der Waals surface area (Å²) in [6, 6.07) is -1.04. The maximum Gasteiger partial charge on any atom is 0.306 e. The van der Waals surface area contributed by atoms with Crippen molar-refractivity contribution in [1.29, 1.82) is 0 Å². The molecule has 1 saturated heterocycles. The molecule has 6 N–H and O–H groups in total. The molecule has 1 amide bonds. The number of hydrogen-bond acceptors (Lipinski definition) is 10. The molecule has 0 bridgehead atoms. The van der Waals surface area contributed by atoms with Gasteiger partial charge in [-0.2, -0.15) is 0 Å². The first-order valence-corrected chi connectivity index (χ1v) is 29.9. The number of rotatable bonds is 49. The number of carbonyl (C=O) groups excluding carboxylic acids is 2. The minimum atomic E-state index is -1.63. The van der Waals surface area contributed by atoms with Gasteiger partial charge in [0.05, 0.1) is 25.4 Å². The lowest BCUT2D eigenvalue weighted by molar-refractivity contribution is -0.305. The number of unbranched alkanes of at least 4 members (excludes halogenated alkanes) is 23. The SMILES string of the molecule is CC/C=C\C/C=C\C/C=C\C/C=C\C/C=C\CCCCCCCC(=O)OC1C(OCC(NC(=O)C(O)CCCC/C=C\CCCCCCCC)C(O)/C=C/CCCCCCCCCCCC)OC(CO)C(O)C1O. The number of nitrogens with one attached hydrogen (secondary N) is 1. The number of carbonyl (C=O) groups is 2. The van der Waals surface area contributed by atoms with Gasteiger partial charge in [-0.05, 0) is 96.3 Å². The van der Waals surface area contributed by atoms with E-state index in [4.69, 9.17) is 14.2 Å². The molecule has 0 aliphatic carbocycles. The van der Waals surface area contributed by atoms with Gasteiger partial charge in [-0.25, -0.2) is 0 Å². The molecule has 0 radical (unpaired) electrons. The summed E-state index contributed by atoms with van der Waals surface area (Å²) in [6.45, 7) is 5.63. The van der Waals surface area contributed by atoms with Gasteiger partial charge in [0.1, 0.15) is 24.4 Å². The van der Waals surface area contributed by atoms with Crippen molar-refractivity contribution in [1.82, 2.24) is 5.32 Å². The van der Waals surface area contributed by atoms with Crippen LogP contribution in [0.1, 0.15) is 239 Å². The first-order valence-electron chi connectivity index (χ1n) is 29.9. The monoisotopic (exact) mass is 1040 g/mol. The van der Waals surface area contributed by atoms with Crippen LogP contribution in [0, 0.1) is 0 Å². The second kappa shape index (κ2) is 50.6. The van der Waals surface area contributed by atoms with Gasteiger partial charge in [0.25, 0.3) is 0 Å². The van der Waals surface area contributed by atoms with Crippen LogP contribution >= 0.6 is 0 Å². The second-order valence-corrected chi connectivity index (χ2v) is 20.3. The number of aliphatic hydroxyl groups is 5. The fraction of sp³-hybridized carbons (Fsp3) is 0.746. The molecule has 8 atom stereocenters. The Labute approximate surface area is 451 Å². The quantitative estimate of drug-likeness (QED) is 0.0195. The summed E-state index contributed by atoms with van der Waals surface area (Å²) in [5, 5.41) is 56.8. The van der Waals surface area contributed by atoms with Crippen molar-refractivity contribution >= 4 is 11.9 Å². The van der Waals surface area contributed by atoms with E-state index in [1.54, 1.807) is 6.08 Å². The van der Waals surface area contributed by atoms with E-state index in [2.05, 4.69) is 99.0 Å². The Morgan fingerprint density at radius 2 is 0.973 bits per heavy atom. The maximum absolute atomic E-state index is 13.4. The number of allylic oxidation sites excluding steroid dienone is 13. The number of ether oxygens (including phenoxy) is 3. The minimum absolute atomic E-state index is 0.0961. The Hall–Kier alpha value is -3.16. The Morgan fingerprint density at radius 3 is 1.47 bits per heavy atom. The van der Waals surface area contributed by atoms with Gasteiger partial charge in [0, 0.05) is 6.42 Å². The predicted octanol–water partition coefficient (Wildman–Crippen LogP) is 13.8. The van der Waals surface area contributed by atoms with Gasteiger partial charge >= 0.3 is 5.97 Å². The summed E-state index contributed by atoms with van der Waals surface area (Å²) in [4.78, 5) is 26.5. The van der Waals surface area contributed by atoms with Crippen molar-refractivity contribution in [3.05, 3.63) is 85.1 Å². The topological polar surface area (TPSA) is 175 Å². The molecule has 0 aromatic rings. The van der Waals surface area contributed by atoms with E-state index in [9.17, 15) is 35.1 Å². The smallest absolute Gasteiger partial charge is 0.306 e. The van der Waals surface area contributed by atoms with Gasteiger partial charge in [0.15, 0.2) is 12.4 Å². The maximum atomic E-state index is 13.4. The lowest BCUT2D eigenvalue weighted by Gasteiger charge is -2.41. The second-order valence-electron chi connectivity index (χ2n) is 20.3. The molecular formula is C63H109NO10. The van der Waals surface area contributed by atoms with Crippen molar-refractivity contribution in [3.8, 4) is 0 Å². The zero-order valence-electron chi connectivity index (χ0n) is 46.9. The molecule has 426 valence electrons. The summed E-state index contributed by atoms with van der Waals surface area (Å²) in [6.07, 6.45) is 54.8. The summed E-state index contributed by atoms with van der Waals surface area (Å²) in [7, 11) is 0. The summed E-state index contributed by atoms with van der Waals surface area (Å²) in [5.74, 6) is -1.24. The molecule has 0 spiro atoms. The van der Waals surface area contributed by atoms with E-state index in [1.807, 2.05) is 6.08 Å². The highest BCUT2D eigenvalue weighted by molar-refractivity contribution is 5.80. The van der Waals surface area contributed by atoms with Crippen LogP contribution in [0.15, 0.2) is 85.1 Å². The van der Waals surface area contributed by atoms with Crippen LogP contribution in [0.4, 0.5) is 0 Å². The van der Waals surface area contributed by atoms with Gasteiger partial charge in [-0.1, -0.05) is 221 Å². The van der Waals surface area contributed by atoms with E-state index in [0.717, 1.165) is 103 Å². The van der Waals surface area contributed by atoms with Crippen LogP contribution in [0.2, 0.25) is 0 Å². The highest BCUT2D eigenvalue weighted by atomic mass is 16.7. The van der Waals surface area contributed by atoms with E-state index < -0.39 is 67.4 Å². The van der Waals surface area contributed by atoms with E-state index >= 15 is 0 Å². The van der Waals surface area contributed by atoms with Crippen molar-refractivity contribution in [2.45, 2.75) is 288 Å². The van der Waals surface area contributed by atoms with E-state index in [0.29, 0.717) is 12.8 Å². The molecule has 0 aromatic carbocycles. The van der Waals surface area contributed by atoms with Crippen LogP contribution < -0.4 is 5.32 Å². The number of hydrogen-bond donors (Lipinski definition) is 6. The normalized spacial score (nSPS) is 19.9. The number of esters is 1. The van der Waals surface area contributed by atoms with Crippen LogP contribution in [-0.4, -0.2) is 99.6 Å². The zero-order chi connectivity index (χ0) is 54.0. The molecule has 74 heavy (non-hydrogen) atoms. The molecule has 1 fully saturated rings. The van der Waals surface area contributed by atoms with Gasteiger partial charge in [0.2, 0.25) is 5.91 Å². The molecule has 1 aliphatic heterocycles. The lowest BCUT2D eigenvalue weighted by Crippen LogP contribution is -2.61. The Balaban J connectivity index is 2.70. The number of amides is 1. The molecule has 0 saturated carbocycles. The van der Waals surface area contributed by atoms with Crippen molar-refractivity contribution < 1.29 is 49.3 Å². The third kappa shape index (κ3) is 38.4. The molecular weight excluding hydrogens is 931 g/mol. The molecule has 1 heterocycles. The standard InChI is InChI=1S/C63H109NO10/c1-4-7-10-13-16-19-22-25-26-27-28-29-30-31-32-33-36-39-42-45-48-51-58(68)74-61-60(70)59(69)57(52-65)73-63(61)72-53-54(55(66)49-46-43-40-37-34-23-20-17-14-11-8-5-2)64-62(71)56(67)50-47-44-41-38-35-24-21-18-15-12-9-6-3/h7,10,16,19,25-26,28-29,31-32,35,38,46,49,54-57,59-61,63,65-67,69-70H,4-6,8-9,11-15,17-18,20-24,27,30,33-34,36-37,39-45,47-48,50-53H2,1-3H3,(H,64,71)/b10-7-,19-16-,26-25-,29-28-,32-31-,38-35-,49-46+. The van der Waals surface area contributed by atoms with Gasteiger partial charge < -0.3 is 45.1 Å². The lowest BCUT2D eigenvalue weighted by atomic mass is 9.99. The highest BCUT2D eigenvalue weighted by Gasteiger charge is 2.47. The average molecular weight is 1040 g/mol. The molecule has 8 unspecified atom stereocenters. The third-order valence-corrected chi connectivity index (χ3v) is 13.5. The van der Waals surface area contributed by atoms with Gasteiger partial charge in [-0.15, -0.1) is 0 Å². The Bertz CT molecular complexity index is 1520. The summed E-state index contributed by atoms with van der Waals surface area (Å²) < 4.78 is 17.6. The van der Waals surface area contributed by atoms with Crippen LogP contribution in [0.25, 0.3) is 0 Å². The summed E-state index contributed by atoms with van der Waals surface area (Å²) >= 11 is 0. The Kier molecular flexibility index (Phi) is 47.1. The number of aliphatic hydroxyl groups excluding tert-OH is 5. The van der Waals surface area contributed by atoms with Crippen LogP contribution in [0.5, 0.6) is 0 Å². The first kappa shape index (κ1) is 68.9. The van der Waals surface area contributed by atoms with Crippen LogP contribution in [0.3, 0.4) is 0 Å². The zero-order valence-corrected chi connectivity index (χ0v) is 46.9. The van der Waals surface area contributed by atoms with E-state index in [-0.39, 0.29) is 19.4 Å². The molecule has 1 rings (SSSR count). The van der Waals surface area contributed by atoms with Crippen molar-refractivity contribution in [2.75, 3.05) is 13.2 Å². The molecule has 11 nitrogen and oxygen atoms in total. The van der Waals surface area contributed by atoms with Crippen molar-refractivity contribution in [3.63, 3.8) is 0 Å². The third-order valence-electron chi connectivity index (χ3n) is 13.5. The molecule has 0 aromatic heterocycles. The molecule has 1 aliphatic rings. The average Bonchev–Trinajstić information content (AvgIpc) is 3.40. The fourth-order valence-corrected chi connectivity index (χ4v) is 8.79. The van der Waals surface area contributed by atoms with Gasteiger partial charge in [-0.3, -0.25) is 9.59 Å². The predicted molar refractivity (Wildman–Crippen MR) is 306 cm³/mol.